The maximum Gasteiger partial charge on any atom is 0.211 e. The van der Waals surface area contributed by atoms with E-state index in [2.05, 4.69) is 26.9 Å². The van der Waals surface area contributed by atoms with Crippen LogP contribution in [0.15, 0.2) is 73.1 Å². The number of nitrogens with one attached hydrogen (secondary N) is 1. The van der Waals surface area contributed by atoms with Gasteiger partial charge in [-0.15, -0.1) is 0 Å². The molecule has 1 aliphatic heterocycles. The summed E-state index contributed by atoms with van der Waals surface area (Å²) in [5.74, 6) is 0.900. The van der Waals surface area contributed by atoms with Crippen LogP contribution in [-0.4, -0.2) is 54.6 Å². The number of hydrogen-bond donors (Lipinski definition) is 1. The van der Waals surface area contributed by atoms with Gasteiger partial charge in [0.2, 0.25) is 10.0 Å². The van der Waals surface area contributed by atoms with Crippen LogP contribution in [0.1, 0.15) is 18.9 Å². The second kappa shape index (κ2) is 10.3. The average molecular weight is 455 g/mol. The molecule has 1 N–H and O–H groups in total. The van der Waals surface area contributed by atoms with Crippen molar-refractivity contribution in [2.75, 3.05) is 25.4 Å². The largest absolute Gasteiger partial charge is 0.493 e. The molecular formula is C24H30N4O3S. The Morgan fingerprint density at radius 3 is 2.56 bits per heavy atom. The smallest absolute Gasteiger partial charge is 0.211 e. The molecule has 3 aromatic rings. The summed E-state index contributed by atoms with van der Waals surface area (Å²) in [5.41, 5.74) is 2.22. The maximum atomic E-state index is 12.2. The zero-order valence-electron chi connectivity index (χ0n) is 18.3. The van der Waals surface area contributed by atoms with E-state index < -0.39 is 10.0 Å². The molecule has 4 rings (SSSR count). The van der Waals surface area contributed by atoms with Crippen LogP contribution in [0.4, 0.5) is 0 Å². The summed E-state index contributed by atoms with van der Waals surface area (Å²) in [7, 11) is -3.28. The lowest BCUT2D eigenvalue weighted by Crippen LogP contribution is -2.52. The van der Waals surface area contributed by atoms with Crippen LogP contribution in [0, 0.1) is 5.92 Å². The molecular weight excluding hydrogens is 424 g/mol. The van der Waals surface area contributed by atoms with Crippen LogP contribution >= 0.6 is 0 Å². The average Bonchev–Trinajstić information content (AvgIpc) is 3.35. The van der Waals surface area contributed by atoms with Crippen LogP contribution in [0.25, 0.3) is 5.69 Å². The van der Waals surface area contributed by atoms with Gasteiger partial charge in [-0.05, 0) is 49.2 Å². The Morgan fingerprint density at radius 2 is 1.88 bits per heavy atom. The summed E-state index contributed by atoms with van der Waals surface area (Å²) in [6.45, 7) is 4.59. The number of sulfonamides is 1. The number of aromatic nitrogens is 2. The molecule has 1 fully saturated rings. The molecule has 0 unspecified atom stereocenters. The molecule has 1 aromatic heterocycles. The van der Waals surface area contributed by atoms with Crippen molar-refractivity contribution < 1.29 is 13.2 Å². The molecule has 170 valence electrons. The minimum absolute atomic E-state index is 0.0552. The van der Waals surface area contributed by atoms with Crippen LogP contribution in [0.3, 0.4) is 0 Å². The van der Waals surface area contributed by atoms with Crippen molar-refractivity contribution in [1.82, 2.24) is 19.4 Å². The highest BCUT2D eigenvalue weighted by molar-refractivity contribution is 7.89. The second-order valence-corrected chi connectivity index (χ2v) is 10.2. The van der Waals surface area contributed by atoms with Crippen molar-refractivity contribution in [1.29, 1.82) is 0 Å². The lowest BCUT2D eigenvalue weighted by molar-refractivity contribution is 0.102. The van der Waals surface area contributed by atoms with Gasteiger partial charge in [-0.3, -0.25) is 4.90 Å². The predicted octanol–water partition coefficient (Wildman–Crippen LogP) is 3.08. The lowest BCUT2D eigenvalue weighted by Gasteiger charge is -2.38. The fourth-order valence-corrected chi connectivity index (χ4v) is 4.99. The zero-order chi connectivity index (χ0) is 22.4. The minimum atomic E-state index is -3.28. The summed E-state index contributed by atoms with van der Waals surface area (Å²) < 4.78 is 35.3. The van der Waals surface area contributed by atoms with E-state index in [1.807, 2.05) is 54.7 Å². The van der Waals surface area contributed by atoms with Gasteiger partial charge < -0.3 is 4.74 Å². The van der Waals surface area contributed by atoms with Gasteiger partial charge in [0.1, 0.15) is 5.75 Å². The minimum Gasteiger partial charge on any atom is -0.493 e. The molecule has 2 atom stereocenters. The lowest BCUT2D eigenvalue weighted by atomic mass is 9.93. The monoisotopic (exact) mass is 454 g/mol. The molecule has 1 saturated heterocycles. The summed E-state index contributed by atoms with van der Waals surface area (Å²) in [6.07, 6.45) is 4.40. The van der Waals surface area contributed by atoms with Gasteiger partial charge in [-0.2, -0.15) is 5.10 Å². The molecule has 1 aliphatic rings. The summed E-state index contributed by atoms with van der Waals surface area (Å²) in [5, 5.41) is 4.24. The highest BCUT2D eigenvalue weighted by atomic mass is 32.2. The van der Waals surface area contributed by atoms with Gasteiger partial charge in [-0.1, -0.05) is 30.3 Å². The fourth-order valence-electron chi connectivity index (χ4n) is 4.05. The SMILES string of the molecule is CCS(=O)(=O)N[C@@H]1CCN(Cc2ccccc2)C[C@H]1COc1ccc(-n2cccn2)cc1. The number of piperidine rings is 1. The Morgan fingerprint density at radius 1 is 1.09 bits per heavy atom. The van der Waals surface area contributed by atoms with Crippen LogP contribution < -0.4 is 9.46 Å². The van der Waals surface area contributed by atoms with Crippen molar-refractivity contribution in [3.63, 3.8) is 0 Å². The van der Waals surface area contributed by atoms with Crippen molar-refractivity contribution in [2.45, 2.75) is 25.9 Å². The van der Waals surface area contributed by atoms with Crippen molar-refractivity contribution >= 4 is 10.0 Å². The van der Waals surface area contributed by atoms with Crippen LogP contribution in [-0.2, 0) is 16.6 Å². The second-order valence-electron chi connectivity index (χ2n) is 8.15. The van der Waals surface area contributed by atoms with Crippen LogP contribution in [0.2, 0.25) is 0 Å². The molecule has 0 spiro atoms. The van der Waals surface area contributed by atoms with Gasteiger partial charge in [0.15, 0.2) is 0 Å². The number of nitrogens with zero attached hydrogens (tertiary/aromatic N) is 3. The van der Waals surface area contributed by atoms with E-state index in [0.29, 0.717) is 6.61 Å². The van der Waals surface area contributed by atoms with Gasteiger partial charge in [-0.25, -0.2) is 17.8 Å². The summed E-state index contributed by atoms with van der Waals surface area (Å²) in [6, 6.07) is 19.9. The van der Waals surface area contributed by atoms with E-state index in [9.17, 15) is 8.42 Å². The first-order valence-corrected chi connectivity index (χ1v) is 12.7. The Balaban J connectivity index is 1.42. The van der Waals surface area contributed by atoms with Crippen molar-refractivity contribution in [3.8, 4) is 11.4 Å². The van der Waals surface area contributed by atoms with Gasteiger partial charge >= 0.3 is 0 Å². The molecule has 2 aromatic carbocycles. The first-order chi connectivity index (χ1) is 15.5. The normalized spacial score (nSPS) is 19.7. The number of ether oxygens (including phenoxy) is 1. The number of rotatable bonds is 9. The molecule has 2 heterocycles. The van der Waals surface area contributed by atoms with E-state index in [0.717, 1.165) is 37.5 Å². The Labute approximate surface area is 190 Å². The van der Waals surface area contributed by atoms with E-state index in [1.165, 1.54) is 5.56 Å². The maximum absolute atomic E-state index is 12.2. The number of hydrogen-bond acceptors (Lipinski definition) is 5. The summed E-state index contributed by atoms with van der Waals surface area (Å²) in [4.78, 5) is 2.38. The van der Waals surface area contributed by atoms with Gasteiger partial charge in [0, 0.05) is 44.0 Å². The fraction of sp³-hybridized carbons (Fsp3) is 0.375. The summed E-state index contributed by atoms with van der Waals surface area (Å²) >= 11 is 0. The third kappa shape index (κ3) is 5.97. The molecule has 0 aliphatic carbocycles. The topological polar surface area (TPSA) is 76.5 Å². The highest BCUT2D eigenvalue weighted by Gasteiger charge is 2.32. The highest BCUT2D eigenvalue weighted by Crippen LogP contribution is 2.23. The van der Waals surface area contributed by atoms with Crippen LogP contribution in [0.5, 0.6) is 5.75 Å². The number of likely N-dealkylation sites (tertiary alicyclic amines) is 1. The zero-order valence-corrected chi connectivity index (χ0v) is 19.1. The molecule has 8 heteroatoms. The van der Waals surface area contributed by atoms with E-state index in [4.69, 9.17) is 4.74 Å². The first kappa shape index (κ1) is 22.5. The van der Waals surface area contributed by atoms with E-state index in [-0.39, 0.29) is 17.7 Å². The Kier molecular flexibility index (Phi) is 7.24. The Bertz CT molecular complexity index is 1070. The number of benzene rings is 2. The molecule has 0 bridgehead atoms. The first-order valence-electron chi connectivity index (χ1n) is 11.0. The molecule has 7 nitrogen and oxygen atoms in total. The molecule has 0 amide bonds. The quantitative estimate of drug-likeness (QED) is 0.538. The Hall–Kier alpha value is -2.68. The van der Waals surface area contributed by atoms with E-state index >= 15 is 0 Å². The molecule has 0 saturated carbocycles. The van der Waals surface area contributed by atoms with E-state index in [1.54, 1.807) is 17.8 Å². The van der Waals surface area contributed by atoms with Crippen molar-refractivity contribution in [3.05, 3.63) is 78.6 Å². The third-order valence-corrected chi connectivity index (χ3v) is 7.27. The predicted molar refractivity (Wildman–Crippen MR) is 125 cm³/mol. The van der Waals surface area contributed by atoms with Gasteiger partial charge in [0.05, 0.1) is 18.0 Å². The van der Waals surface area contributed by atoms with Crippen molar-refractivity contribution in [2.24, 2.45) is 5.92 Å². The standard InChI is InChI=1S/C24H30N4O3S/c1-2-32(29,30)26-24-13-16-27(17-20-7-4-3-5-8-20)18-21(24)19-31-23-11-9-22(10-12-23)28-15-6-14-25-28/h3-12,14-15,21,24,26H,2,13,16-19H2,1H3/t21-,24+/m0/s1. The third-order valence-electron chi connectivity index (χ3n) is 5.85. The van der Waals surface area contributed by atoms with Gasteiger partial charge in [0.25, 0.3) is 0 Å². The molecule has 0 radical (unpaired) electrons. The molecule has 32 heavy (non-hydrogen) atoms.